The van der Waals surface area contributed by atoms with E-state index >= 15 is 0 Å². The molecule has 0 aliphatic heterocycles. The summed E-state index contributed by atoms with van der Waals surface area (Å²) in [6.45, 7) is 3.59. The third-order valence-corrected chi connectivity index (χ3v) is 6.69. The number of ether oxygens (including phenoxy) is 1. The highest BCUT2D eigenvalue weighted by atomic mass is 35.5. The van der Waals surface area contributed by atoms with E-state index in [1.54, 1.807) is 28.4 Å². The van der Waals surface area contributed by atoms with Crippen LogP contribution in [0.4, 0.5) is 0 Å². The topological polar surface area (TPSA) is 58.6 Å². The van der Waals surface area contributed by atoms with Gasteiger partial charge in [-0.15, -0.1) is 11.3 Å². The summed E-state index contributed by atoms with van der Waals surface area (Å²) in [6.07, 6.45) is 5.20. The minimum absolute atomic E-state index is 0.0551. The molecule has 5 nitrogen and oxygen atoms in total. The van der Waals surface area contributed by atoms with Crippen LogP contribution in [0.5, 0.6) is 0 Å². The second-order valence-corrected chi connectivity index (χ2v) is 9.31. The summed E-state index contributed by atoms with van der Waals surface area (Å²) in [4.78, 5) is 29.5. The quantitative estimate of drug-likeness (QED) is 0.478. The molecule has 1 heterocycles. The van der Waals surface area contributed by atoms with Crippen LogP contribution in [-0.4, -0.2) is 42.5 Å². The number of carbonyl (C=O) groups excluding carboxylic acids is 2. The number of hydrogen-bond acceptors (Lipinski definition) is 4. The second-order valence-electron chi connectivity index (χ2n) is 7.84. The number of benzene rings is 1. The standard InChI is InChI=1S/C24H31ClN2O3S/c1-2-30-15-6-14-27(22(28)17-21-9-5-16-31-21)23(18-10-12-19(25)13-11-18)24(29)26-20-7-3-4-8-20/h5,9-13,16,20,23H,2-4,6-8,14-15,17H2,1H3,(H,26,29)/t23-/m0/s1. The lowest BCUT2D eigenvalue weighted by atomic mass is 10.0. The van der Waals surface area contributed by atoms with Gasteiger partial charge >= 0.3 is 0 Å². The summed E-state index contributed by atoms with van der Waals surface area (Å²) >= 11 is 7.65. The average Bonchev–Trinajstić information content (AvgIpc) is 3.45. The van der Waals surface area contributed by atoms with Crippen LogP contribution in [0.3, 0.4) is 0 Å². The Morgan fingerprint density at radius 2 is 1.97 bits per heavy atom. The summed E-state index contributed by atoms with van der Waals surface area (Å²) in [7, 11) is 0. The molecule has 1 aliphatic rings. The SMILES string of the molecule is CCOCCCN(C(=O)Cc1cccs1)[C@H](C(=O)NC1CCCC1)c1ccc(Cl)cc1. The van der Waals surface area contributed by atoms with Crippen molar-refractivity contribution in [3.63, 3.8) is 0 Å². The third kappa shape index (κ3) is 7.06. The zero-order valence-electron chi connectivity index (χ0n) is 18.0. The Morgan fingerprint density at radius 1 is 1.23 bits per heavy atom. The lowest BCUT2D eigenvalue weighted by Gasteiger charge is -2.32. The van der Waals surface area contributed by atoms with E-state index < -0.39 is 6.04 Å². The average molecular weight is 463 g/mol. The van der Waals surface area contributed by atoms with Crippen LogP contribution in [0.15, 0.2) is 41.8 Å². The van der Waals surface area contributed by atoms with Crippen LogP contribution < -0.4 is 5.32 Å². The van der Waals surface area contributed by atoms with Gasteiger partial charge in [-0.2, -0.15) is 0 Å². The van der Waals surface area contributed by atoms with Crippen molar-refractivity contribution in [1.82, 2.24) is 10.2 Å². The number of amides is 2. The highest BCUT2D eigenvalue weighted by Gasteiger charge is 2.33. The molecule has 1 fully saturated rings. The van der Waals surface area contributed by atoms with E-state index in [4.69, 9.17) is 16.3 Å². The first-order chi connectivity index (χ1) is 15.1. The first kappa shape index (κ1) is 23.8. The molecular formula is C24H31ClN2O3S. The molecule has 3 rings (SSSR count). The Balaban J connectivity index is 1.86. The zero-order chi connectivity index (χ0) is 22.1. The first-order valence-electron chi connectivity index (χ1n) is 11.0. The van der Waals surface area contributed by atoms with E-state index in [1.165, 1.54) is 0 Å². The number of rotatable bonds is 11. The normalized spacial score (nSPS) is 15.0. The van der Waals surface area contributed by atoms with Crippen molar-refractivity contribution in [2.24, 2.45) is 0 Å². The van der Waals surface area contributed by atoms with Gasteiger partial charge in [0, 0.05) is 35.7 Å². The molecule has 1 aliphatic carbocycles. The molecule has 0 bridgehead atoms. The third-order valence-electron chi connectivity index (χ3n) is 5.57. The van der Waals surface area contributed by atoms with Crippen molar-refractivity contribution in [3.8, 4) is 0 Å². The Morgan fingerprint density at radius 3 is 2.61 bits per heavy atom. The van der Waals surface area contributed by atoms with Crippen molar-refractivity contribution in [2.75, 3.05) is 19.8 Å². The molecule has 1 saturated carbocycles. The molecule has 2 amide bonds. The maximum absolute atomic E-state index is 13.5. The smallest absolute Gasteiger partial charge is 0.247 e. The number of thiophene rings is 1. The minimum Gasteiger partial charge on any atom is -0.382 e. The summed E-state index contributed by atoms with van der Waals surface area (Å²) in [6, 6.07) is 10.6. The van der Waals surface area contributed by atoms with Gasteiger partial charge in [-0.1, -0.05) is 42.6 Å². The van der Waals surface area contributed by atoms with Crippen molar-refractivity contribution >= 4 is 34.8 Å². The van der Waals surface area contributed by atoms with Crippen molar-refractivity contribution < 1.29 is 14.3 Å². The summed E-state index contributed by atoms with van der Waals surface area (Å²) in [5.41, 5.74) is 0.774. The molecular weight excluding hydrogens is 432 g/mol. The van der Waals surface area contributed by atoms with Crippen LogP contribution in [0.2, 0.25) is 5.02 Å². The second kappa shape index (κ2) is 12.2. The molecule has 1 aromatic carbocycles. The van der Waals surface area contributed by atoms with Crippen LogP contribution in [0, 0.1) is 0 Å². The van der Waals surface area contributed by atoms with E-state index in [1.807, 2.05) is 36.6 Å². The number of nitrogens with one attached hydrogen (secondary N) is 1. The van der Waals surface area contributed by atoms with E-state index in [0.717, 1.165) is 36.1 Å². The van der Waals surface area contributed by atoms with Gasteiger partial charge in [0.2, 0.25) is 11.8 Å². The van der Waals surface area contributed by atoms with Crippen molar-refractivity contribution in [2.45, 2.75) is 57.5 Å². The fourth-order valence-corrected chi connectivity index (χ4v) is 4.83. The van der Waals surface area contributed by atoms with E-state index in [0.29, 0.717) is 31.2 Å². The fraction of sp³-hybridized carbons (Fsp3) is 0.500. The van der Waals surface area contributed by atoms with Gasteiger partial charge in [-0.3, -0.25) is 9.59 Å². The molecule has 1 aromatic heterocycles. The van der Waals surface area contributed by atoms with Gasteiger partial charge in [-0.05, 0) is 55.3 Å². The van der Waals surface area contributed by atoms with E-state index in [9.17, 15) is 9.59 Å². The molecule has 1 N–H and O–H groups in total. The molecule has 7 heteroatoms. The van der Waals surface area contributed by atoms with Gasteiger partial charge in [0.1, 0.15) is 6.04 Å². The Labute approximate surface area is 193 Å². The lowest BCUT2D eigenvalue weighted by molar-refractivity contribution is -0.141. The first-order valence-corrected chi connectivity index (χ1v) is 12.3. The molecule has 0 saturated heterocycles. The number of hydrogen-bond donors (Lipinski definition) is 1. The van der Waals surface area contributed by atoms with E-state index in [2.05, 4.69) is 5.32 Å². The van der Waals surface area contributed by atoms with Crippen LogP contribution in [-0.2, 0) is 20.7 Å². The number of halogens is 1. The lowest BCUT2D eigenvalue weighted by Crippen LogP contribution is -2.47. The van der Waals surface area contributed by atoms with Gasteiger partial charge in [0.15, 0.2) is 0 Å². The molecule has 168 valence electrons. The summed E-state index contributed by atoms with van der Waals surface area (Å²) in [5.74, 6) is -0.175. The Hall–Kier alpha value is -1.89. The van der Waals surface area contributed by atoms with Crippen molar-refractivity contribution in [3.05, 3.63) is 57.2 Å². The van der Waals surface area contributed by atoms with Crippen LogP contribution in [0.25, 0.3) is 0 Å². The largest absolute Gasteiger partial charge is 0.382 e. The highest BCUT2D eigenvalue weighted by molar-refractivity contribution is 7.10. The molecule has 0 radical (unpaired) electrons. The Kier molecular flexibility index (Phi) is 9.37. The maximum Gasteiger partial charge on any atom is 0.247 e. The zero-order valence-corrected chi connectivity index (χ0v) is 19.6. The summed E-state index contributed by atoms with van der Waals surface area (Å²) in [5, 5.41) is 5.76. The molecule has 31 heavy (non-hydrogen) atoms. The van der Waals surface area contributed by atoms with E-state index in [-0.39, 0.29) is 24.3 Å². The number of nitrogens with zero attached hydrogens (tertiary/aromatic N) is 1. The number of carbonyl (C=O) groups is 2. The minimum atomic E-state index is -0.688. The molecule has 1 atom stereocenters. The maximum atomic E-state index is 13.5. The molecule has 0 unspecified atom stereocenters. The predicted octanol–water partition coefficient (Wildman–Crippen LogP) is 5.00. The van der Waals surface area contributed by atoms with Gasteiger partial charge in [0.05, 0.1) is 6.42 Å². The van der Waals surface area contributed by atoms with Crippen molar-refractivity contribution in [1.29, 1.82) is 0 Å². The van der Waals surface area contributed by atoms with Crippen LogP contribution >= 0.6 is 22.9 Å². The van der Waals surface area contributed by atoms with Gasteiger partial charge in [0.25, 0.3) is 0 Å². The fourth-order valence-electron chi connectivity index (χ4n) is 4.01. The van der Waals surface area contributed by atoms with Gasteiger partial charge in [-0.25, -0.2) is 0 Å². The predicted molar refractivity (Wildman–Crippen MR) is 125 cm³/mol. The monoisotopic (exact) mass is 462 g/mol. The molecule has 2 aromatic rings. The summed E-state index contributed by atoms with van der Waals surface area (Å²) < 4.78 is 5.48. The molecule has 0 spiro atoms. The van der Waals surface area contributed by atoms with Gasteiger partial charge < -0.3 is 15.0 Å². The van der Waals surface area contributed by atoms with Crippen LogP contribution in [0.1, 0.15) is 55.5 Å². The highest BCUT2D eigenvalue weighted by Crippen LogP contribution is 2.27. The Bertz CT molecular complexity index is 820.